The van der Waals surface area contributed by atoms with Gasteiger partial charge in [0.2, 0.25) is 0 Å². The van der Waals surface area contributed by atoms with Gasteiger partial charge in [-0.3, -0.25) is 9.69 Å². The van der Waals surface area contributed by atoms with Crippen molar-refractivity contribution >= 4 is 5.97 Å². The normalized spacial score (nSPS) is 29.1. The van der Waals surface area contributed by atoms with Gasteiger partial charge in [0, 0.05) is 31.7 Å². The van der Waals surface area contributed by atoms with Gasteiger partial charge in [-0.25, -0.2) is 0 Å². The summed E-state index contributed by atoms with van der Waals surface area (Å²) in [6.07, 6.45) is 1.20. The third-order valence-electron chi connectivity index (χ3n) is 3.41. The summed E-state index contributed by atoms with van der Waals surface area (Å²) in [4.78, 5) is 13.2. The molecule has 1 N–H and O–H groups in total. The van der Waals surface area contributed by atoms with Crippen molar-refractivity contribution in [1.29, 1.82) is 0 Å². The Hall–Kier alpha value is -0.650. The quantitative estimate of drug-likeness (QED) is 0.746. The van der Waals surface area contributed by atoms with Crippen LogP contribution in [0, 0.1) is 5.92 Å². The fraction of sp³-hybridized carbons (Fsp3) is 0.909. The Kier molecular flexibility index (Phi) is 4.15. The molecule has 5 heteroatoms. The van der Waals surface area contributed by atoms with E-state index in [-0.39, 0.29) is 12.5 Å². The zero-order valence-corrected chi connectivity index (χ0v) is 9.43. The molecule has 0 amide bonds. The molecule has 0 aromatic carbocycles. The molecule has 2 unspecified atom stereocenters. The van der Waals surface area contributed by atoms with Crippen molar-refractivity contribution in [3.8, 4) is 0 Å². The number of carboxylic acids is 1. The number of ether oxygens (including phenoxy) is 2. The third kappa shape index (κ3) is 2.93. The molecule has 0 aromatic rings. The predicted molar refractivity (Wildman–Crippen MR) is 57.4 cm³/mol. The molecular weight excluding hydrogens is 210 g/mol. The van der Waals surface area contributed by atoms with Gasteiger partial charge in [0.15, 0.2) is 0 Å². The SMILES string of the molecule is O=C(O)CC(C1CCOC1)N1CCOCC1. The molecule has 0 saturated carbocycles. The Balaban J connectivity index is 1.96. The van der Waals surface area contributed by atoms with Crippen molar-refractivity contribution in [2.45, 2.75) is 18.9 Å². The molecule has 92 valence electrons. The molecule has 2 atom stereocenters. The number of carboxylic acid groups (broad SMARTS) is 1. The zero-order chi connectivity index (χ0) is 11.4. The fourth-order valence-electron chi connectivity index (χ4n) is 2.54. The molecular formula is C11H19NO4. The van der Waals surface area contributed by atoms with Crippen LogP contribution in [0.25, 0.3) is 0 Å². The van der Waals surface area contributed by atoms with Crippen LogP contribution in [0.5, 0.6) is 0 Å². The van der Waals surface area contributed by atoms with E-state index in [9.17, 15) is 4.79 Å². The molecule has 2 saturated heterocycles. The number of carbonyl (C=O) groups is 1. The Labute approximate surface area is 95.3 Å². The van der Waals surface area contributed by atoms with Crippen LogP contribution in [0.15, 0.2) is 0 Å². The maximum Gasteiger partial charge on any atom is 0.304 e. The average Bonchev–Trinajstić information content (AvgIpc) is 2.80. The highest BCUT2D eigenvalue weighted by Crippen LogP contribution is 2.24. The van der Waals surface area contributed by atoms with Gasteiger partial charge in [0.05, 0.1) is 26.2 Å². The van der Waals surface area contributed by atoms with Crippen molar-refractivity contribution in [2.24, 2.45) is 5.92 Å². The minimum absolute atomic E-state index is 0.115. The van der Waals surface area contributed by atoms with E-state index in [1.807, 2.05) is 0 Å². The van der Waals surface area contributed by atoms with Gasteiger partial charge in [0.1, 0.15) is 0 Å². The highest BCUT2D eigenvalue weighted by molar-refractivity contribution is 5.67. The highest BCUT2D eigenvalue weighted by atomic mass is 16.5. The number of rotatable bonds is 4. The van der Waals surface area contributed by atoms with E-state index >= 15 is 0 Å². The Morgan fingerprint density at radius 1 is 1.31 bits per heavy atom. The number of aliphatic carboxylic acids is 1. The molecule has 2 aliphatic rings. The van der Waals surface area contributed by atoms with Gasteiger partial charge in [-0.05, 0) is 6.42 Å². The summed E-state index contributed by atoms with van der Waals surface area (Å²) in [6, 6.07) is 0.115. The van der Waals surface area contributed by atoms with Crippen molar-refractivity contribution in [3.05, 3.63) is 0 Å². The number of hydrogen-bond donors (Lipinski definition) is 1. The van der Waals surface area contributed by atoms with Gasteiger partial charge in [-0.1, -0.05) is 0 Å². The molecule has 16 heavy (non-hydrogen) atoms. The summed E-state index contributed by atoms with van der Waals surface area (Å²) in [5, 5.41) is 8.98. The second-order valence-electron chi connectivity index (χ2n) is 4.44. The first kappa shape index (κ1) is 11.8. The summed E-state index contributed by atoms with van der Waals surface area (Å²) >= 11 is 0. The van der Waals surface area contributed by atoms with Crippen LogP contribution in [-0.2, 0) is 14.3 Å². The van der Waals surface area contributed by atoms with Crippen molar-refractivity contribution in [1.82, 2.24) is 4.90 Å². The largest absolute Gasteiger partial charge is 0.481 e. The van der Waals surface area contributed by atoms with Gasteiger partial charge in [-0.15, -0.1) is 0 Å². The number of hydrogen-bond acceptors (Lipinski definition) is 4. The molecule has 2 heterocycles. The van der Waals surface area contributed by atoms with Crippen molar-refractivity contribution < 1.29 is 19.4 Å². The summed E-state index contributed by atoms with van der Waals surface area (Å²) in [5.74, 6) is -0.349. The standard InChI is InChI=1S/C11H19NO4/c13-11(14)7-10(9-1-4-16-8-9)12-2-5-15-6-3-12/h9-10H,1-8H2,(H,13,14). The van der Waals surface area contributed by atoms with E-state index in [1.54, 1.807) is 0 Å². The topological polar surface area (TPSA) is 59.0 Å². The average molecular weight is 229 g/mol. The Bertz CT molecular complexity index is 234. The molecule has 0 radical (unpaired) electrons. The first-order valence-corrected chi connectivity index (χ1v) is 5.88. The molecule has 0 bridgehead atoms. The summed E-state index contributed by atoms with van der Waals surface area (Å²) < 4.78 is 10.7. The summed E-state index contributed by atoms with van der Waals surface area (Å²) in [5.41, 5.74) is 0. The molecule has 2 aliphatic heterocycles. The molecule has 2 fully saturated rings. The zero-order valence-electron chi connectivity index (χ0n) is 9.43. The van der Waals surface area contributed by atoms with Crippen LogP contribution in [0.2, 0.25) is 0 Å². The molecule has 5 nitrogen and oxygen atoms in total. The predicted octanol–water partition coefficient (Wildman–Crippen LogP) is 0.198. The van der Waals surface area contributed by atoms with Gasteiger partial charge < -0.3 is 14.6 Å². The van der Waals surface area contributed by atoms with E-state index in [0.717, 1.165) is 26.1 Å². The second-order valence-corrected chi connectivity index (χ2v) is 4.44. The van der Waals surface area contributed by atoms with E-state index in [1.165, 1.54) is 0 Å². The summed E-state index contributed by atoms with van der Waals surface area (Å²) in [6.45, 7) is 4.58. The van der Waals surface area contributed by atoms with Crippen LogP contribution in [0.3, 0.4) is 0 Å². The minimum atomic E-state index is -0.719. The lowest BCUT2D eigenvalue weighted by Gasteiger charge is -2.36. The molecule has 0 aromatic heterocycles. The fourth-order valence-corrected chi connectivity index (χ4v) is 2.54. The number of nitrogens with zero attached hydrogens (tertiary/aromatic N) is 1. The van der Waals surface area contributed by atoms with Crippen molar-refractivity contribution in [2.75, 3.05) is 39.5 Å². The van der Waals surface area contributed by atoms with Gasteiger partial charge in [-0.2, -0.15) is 0 Å². The smallest absolute Gasteiger partial charge is 0.304 e. The summed E-state index contributed by atoms with van der Waals surface area (Å²) in [7, 11) is 0. The van der Waals surface area contributed by atoms with E-state index in [4.69, 9.17) is 14.6 Å². The Morgan fingerprint density at radius 2 is 2.06 bits per heavy atom. The Morgan fingerprint density at radius 3 is 2.62 bits per heavy atom. The van der Waals surface area contributed by atoms with Crippen LogP contribution >= 0.6 is 0 Å². The first-order chi connectivity index (χ1) is 7.77. The van der Waals surface area contributed by atoms with Crippen LogP contribution < -0.4 is 0 Å². The third-order valence-corrected chi connectivity index (χ3v) is 3.41. The lowest BCUT2D eigenvalue weighted by Crippen LogP contribution is -2.48. The lowest BCUT2D eigenvalue weighted by atomic mass is 9.94. The second kappa shape index (κ2) is 5.61. The first-order valence-electron chi connectivity index (χ1n) is 5.88. The van der Waals surface area contributed by atoms with Crippen LogP contribution in [-0.4, -0.2) is 61.5 Å². The maximum atomic E-state index is 10.9. The van der Waals surface area contributed by atoms with Crippen LogP contribution in [0.4, 0.5) is 0 Å². The monoisotopic (exact) mass is 229 g/mol. The lowest BCUT2D eigenvalue weighted by molar-refractivity contribution is -0.139. The van der Waals surface area contributed by atoms with E-state index in [0.29, 0.717) is 25.7 Å². The van der Waals surface area contributed by atoms with Crippen molar-refractivity contribution in [3.63, 3.8) is 0 Å². The van der Waals surface area contributed by atoms with Gasteiger partial charge in [0.25, 0.3) is 0 Å². The minimum Gasteiger partial charge on any atom is -0.481 e. The molecule has 0 spiro atoms. The molecule has 2 rings (SSSR count). The van der Waals surface area contributed by atoms with Crippen LogP contribution in [0.1, 0.15) is 12.8 Å². The van der Waals surface area contributed by atoms with E-state index < -0.39 is 5.97 Å². The van der Waals surface area contributed by atoms with E-state index in [2.05, 4.69) is 4.90 Å². The molecule has 0 aliphatic carbocycles. The van der Waals surface area contributed by atoms with Gasteiger partial charge >= 0.3 is 5.97 Å². The number of morpholine rings is 1. The highest BCUT2D eigenvalue weighted by Gasteiger charge is 2.32. The maximum absolute atomic E-state index is 10.9.